The Morgan fingerprint density at radius 1 is 1.04 bits per heavy atom. The summed E-state index contributed by atoms with van der Waals surface area (Å²) in [6.07, 6.45) is 0.830. The van der Waals surface area contributed by atoms with Gasteiger partial charge in [-0.1, -0.05) is 39.3 Å². The van der Waals surface area contributed by atoms with Crippen LogP contribution in [0.3, 0.4) is 0 Å². The lowest BCUT2D eigenvalue weighted by atomic mass is 10.0. The number of rotatable bonds is 19. The smallest absolute Gasteiger partial charge is 0.407 e. The maximum atomic E-state index is 13.9. The van der Waals surface area contributed by atoms with Gasteiger partial charge in [-0.3, -0.25) is 4.79 Å². The van der Waals surface area contributed by atoms with Crippen LogP contribution in [0.2, 0.25) is 0 Å². The van der Waals surface area contributed by atoms with Crippen molar-refractivity contribution in [2.45, 2.75) is 88.7 Å². The number of alkyl carbamates (subject to hydrolysis) is 1. The normalized spacial score (nSPS) is 20.6. The average Bonchev–Trinajstić information content (AvgIpc) is 3.85. The summed E-state index contributed by atoms with van der Waals surface area (Å²) in [5.74, 6) is 1.26. The van der Waals surface area contributed by atoms with Gasteiger partial charge in [-0.05, 0) is 61.4 Å². The molecule has 282 valence electrons. The molecular formula is C36H51N3O11S. The maximum Gasteiger partial charge on any atom is 0.407 e. The number of hydrogen-bond donors (Lipinski definition) is 3. The van der Waals surface area contributed by atoms with Crippen LogP contribution >= 0.6 is 0 Å². The van der Waals surface area contributed by atoms with E-state index in [-0.39, 0.29) is 55.5 Å². The van der Waals surface area contributed by atoms with Crippen molar-refractivity contribution in [2.24, 2.45) is 11.8 Å². The van der Waals surface area contributed by atoms with E-state index in [0.29, 0.717) is 56.3 Å². The van der Waals surface area contributed by atoms with Crippen molar-refractivity contribution >= 4 is 22.0 Å². The quantitative estimate of drug-likeness (QED) is 0.180. The Kier molecular flexibility index (Phi) is 13.8. The Morgan fingerprint density at radius 2 is 1.82 bits per heavy atom. The van der Waals surface area contributed by atoms with Gasteiger partial charge in [-0.2, -0.15) is 4.31 Å². The third-order valence-electron chi connectivity index (χ3n) is 9.00. The van der Waals surface area contributed by atoms with Crippen molar-refractivity contribution in [1.82, 2.24) is 14.9 Å². The van der Waals surface area contributed by atoms with Crippen molar-refractivity contribution in [3.05, 3.63) is 48.0 Å². The van der Waals surface area contributed by atoms with Gasteiger partial charge < -0.3 is 44.2 Å². The molecular weight excluding hydrogens is 682 g/mol. The summed E-state index contributed by atoms with van der Waals surface area (Å²) < 4.78 is 62.6. The fraction of sp³-hybridized carbons (Fsp3) is 0.611. The fourth-order valence-corrected chi connectivity index (χ4v) is 7.88. The molecule has 5 atom stereocenters. The molecule has 14 nitrogen and oxygen atoms in total. The van der Waals surface area contributed by atoms with Crippen LogP contribution in [0.25, 0.3) is 0 Å². The molecule has 0 aromatic heterocycles. The molecule has 15 heteroatoms. The molecule has 2 aromatic carbocycles. The highest BCUT2D eigenvalue weighted by atomic mass is 32.2. The first-order valence-electron chi connectivity index (χ1n) is 17.8. The first-order chi connectivity index (χ1) is 24.5. The van der Waals surface area contributed by atoms with E-state index in [1.165, 1.54) is 16.4 Å². The first kappa shape index (κ1) is 38.6. The highest BCUT2D eigenvalue weighted by Gasteiger charge is 2.44. The Labute approximate surface area is 300 Å². The minimum absolute atomic E-state index is 0.00311. The Bertz CT molecular complexity index is 1560. The summed E-state index contributed by atoms with van der Waals surface area (Å²) in [6, 6.07) is 10.7. The van der Waals surface area contributed by atoms with E-state index in [4.69, 9.17) is 28.4 Å². The van der Waals surface area contributed by atoms with E-state index >= 15 is 0 Å². The topological polar surface area (TPSA) is 171 Å². The highest BCUT2D eigenvalue weighted by Crippen LogP contribution is 2.35. The summed E-state index contributed by atoms with van der Waals surface area (Å²) in [5, 5.41) is 17.4. The average molecular weight is 734 g/mol. The summed E-state index contributed by atoms with van der Waals surface area (Å²) >= 11 is 0. The molecule has 3 aliphatic heterocycles. The Balaban J connectivity index is 1.26. The lowest BCUT2D eigenvalue weighted by molar-refractivity contribution is -0.121. The summed E-state index contributed by atoms with van der Waals surface area (Å²) in [6.45, 7) is 7.46. The van der Waals surface area contributed by atoms with Crippen LogP contribution in [-0.2, 0) is 35.4 Å². The predicted molar refractivity (Wildman–Crippen MR) is 186 cm³/mol. The maximum absolute atomic E-state index is 13.9. The minimum atomic E-state index is -4.08. The first-order valence-corrected chi connectivity index (χ1v) is 19.2. The molecule has 0 aliphatic carbocycles. The predicted octanol–water partition coefficient (Wildman–Crippen LogP) is 3.60. The van der Waals surface area contributed by atoms with Gasteiger partial charge in [0, 0.05) is 32.1 Å². The molecule has 3 aliphatic rings. The fourth-order valence-electron chi connectivity index (χ4n) is 6.25. The molecule has 3 heterocycles. The van der Waals surface area contributed by atoms with Gasteiger partial charge in [-0.15, -0.1) is 0 Å². The molecule has 0 saturated carbocycles. The van der Waals surface area contributed by atoms with Crippen LogP contribution in [0.5, 0.6) is 17.2 Å². The number of carbonyl (C=O) groups is 2. The second kappa shape index (κ2) is 18.2. The Hall–Kier alpha value is -3.63. The van der Waals surface area contributed by atoms with E-state index in [1.54, 1.807) is 18.2 Å². The van der Waals surface area contributed by atoms with E-state index in [2.05, 4.69) is 17.6 Å². The van der Waals surface area contributed by atoms with Crippen molar-refractivity contribution < 1.29 is 51.5 Å². The number of aliphatic hydroxyl groups is 1. The molecule has 2 fully saturated rings. The molecule has 3 unspecified atom stereocenters. The lowest BCUT2D eigenvalue weighted by Crippen LogP contribution is -2.51. The summed E-state index contributed by atoms with van der Waals surface area (Å²) in [5.41, 5.74) is 0.768. The van der Waals surface area contributed by atoms with Crippen LogP contribution in [0, 0.1) is 11.8 Å². The van der Waals surface area contributed by atoms with Crippen molar-refractivity contribution in [3.8, 4) is 17.2 Å². The molecule has 2 saturated heterocycles. The van der Waals surface area contributed by atoms with Crippen LogP contribution in [0.1, 0.15) is 58.4 Å². The summed E-state index contributed by atoms with van der Waals surface area (Å²) in [4.78, 5) is 25.2. The monoisotopic (exact) mass is 733 g/mol. The van der Waals surface area contributed by atoms with Gasteiger partial charge in [-0.25, -0.2) is 13.2 Å². The molecule has 51 heavy (non-hydrogen) atoms. The Morgan fingerprint density at radius 3 is 2.59 bits per heavy atom. The molecule has 5 rings (SSSR count). The van der Waals surface area contributed by atoms with Crippen molar-refractivity contribution in [3.63, 3.8) is 0 Å². The second-order valence-corrected chi connectivity index (χ2v) is 15.5. The van der Waals surface area contributed by atoms with E-state index < -0.39 is 40.7 Å². The molecule has 0 bridgehead atoms. The van der Waals surface area contributed by atoms with Gasteiger partial charge in [0.1, 0.15) is 11.9 Å². The zero-order valence-corrected chi connectivity index (χ0v) is 30.4. The van der Waals surface area contributed by atoms with E-state index in [1.807, 2.05) is 26.0 Å². The van der Waals surface area contributed by atoms with Gasteiger partial charge in [0.05, 0.1) is 42.8 Å². The van der Waals surface area contributed by atoms with Crippen molar-refractivity contribution in [2.75, 3.05) is 46.2 Å². The summed E-state index contributed by atoms with van der Waals surface area (Å²) in [7, 11) is -4.08. The zero-order chi connectivity index (χ0) is 36.4. The SMILES string of the molecule is CCCCNC(=O)CCCOc1ccc(C[C@H](NC(=O)OC2COC3OCCC23)[C@H](O)CN(CC(C)C)S(=O)(=O)c2ccc3c(c2)OCO3)cc1. The molecule has 2 aromatic rings. The molecule has 0 radical (unpaired) electrons. The molecule has 2 amide bonds. The minimum Gasteiger partial charge on any atom is -0.494 e. The highest BCUT2D eigenvalue weighted by molar-refractivity contribution is 7.89. The number of fused-ring (bicyclic) bond motifs is 2. The number of carbonyl (C=O) groups excluding carboxylic acids is 2. The molecule has 0 spiro atoms. The number of nitrogens with one attached hydrogen (secondary N) is 2. The number of aliphatic hydroxyl groups excluding tert-OH is 1. The molecule has 3 N–H and O–H groups in total. The van der Waals surface area contributed by atoms with Crippen LogP contribution < -0.4 is 24.8 Å². The number of amides is 2. The van der Waals surface area contributed by atoms with Crippen molar-refractivity contribution in [1.29, 1.82) is 0 Å². The number of benzene rings is 2. The second-order valence-electron chi connectivity index (χ2n) is 13.5. The number of unbranched alkanes of at least 4 members (excludes halogenated alkanes) is 1. The van der Waals surface area contributed by atoms with E-state index in [9.17, 15) is 23.1 Å². The van der Waals surface area contributed by atoms with E-state index in [0.717, 1.165) is 18.4 Å². The third kappa shape index (κ3) is 10.7. The van der Waals surface area contributed by atoms with Gasteiger partial charge in [0.2, 0.25) is 22.7 Å². The van der Waals surface area contributed by atoms with Gasteiger partial charge >= 0.3 is 6.09 Å². The standard InChI is InChI=1S/C36H51N3O11S/c1-4-5-15-37-34(41)7-6-16-45-26-10-8-25(9-11-26)18-29(38-36(42)50-33-22-47-35-28(33)14-17-46-35)30(40)21-39(20-24(2)3)51(43,44)27-12-13-31-32(19-27)49-23-48-31/h8-13,19,24,28-30,33,35,40H,4-7,14-18,20-23H2,1-3H3,(H,37,41)(H,38,42)/t28?,29-,30+,33?,35?/m0/s1. The van der Waals surface area contributed by atoms with Crippen LogP contribution in [-0.4, -0.2) is 101 Å². The zero-order valence-electron chi connectivity index (χ0n) is 29.6. The number of ether oxygens (including phenoxy) is 6. The van der Waals surface area contributed by atoms with Crippen LogP contribution in [0.15, 0.2) is 47.4 Å². The lowest BCUT2D eigenvalue weighted by Gasteiger charge is -2.31. The third-order valence-corrected chi connectivity index (χ3v) is 10.8. The number of hydrogen-bond acceptors (Lipinski definition) is 11. The van der Waals surface area contributed by atoms with Crippen LogP contribution in [0.4, 0.5) is 4.79 Å². The number of nitrogens with zero attached hydrogens (tertiary/aromatic N) is 1. The largest absolute Gasteiger partial charge is 0.494 e. The number of sulfonamides is 1. The van der Waals surface area contributed by atoms with Gasteiger partial charge in [0.25, 0.3) is 0 Å². The van der Waals surface area contributed by atoms with Gasteiger partial charge in [0.15, 0.2) is 17.8 Å².